The van der Waals surface area contributed by atoms with Gasteiger partial charge < -0.3 is 19.6 Å². The summed E-state index contributed by atoms with van der Waals surface area (Å²) in [6.45, 7) is 6.73. The smallest absolute Gasteiger partial charge is 0.317 e. The van der Waals surface area contributed by atoms with Crippen LogP contribution in [0.25, 0.3) is 21.8 Å². The zero-order valence-corrected chi connectivity index (χ0v) is 21.0. The molecule has 0 aliphatic carbocycles. The molecule has 2 N–H and O–H groups in total. The maximum atomic E-state index is 10.9. The Bertz CT molecular complexity index is 1480. The lowest BCUT2D eigenvalue weighted by Crippen LogP contribution is -2.48. The molecule has 192 valence electrons. The standard InChI is InChI=1S/C27H30N6O4/c1-18-13-23(36-2)22(21-5-6-29-25(18)21)16-33-15-20-4-3-19(14-28)27(26(20)30-33)37-12-11-31-7-9-32(10-8-31)17-24(34)35/h3-6,13,15,29H,7-12,16-17H2,1-2H3,(H,34,35). The molecule has 1 aliphatic heterocycles. The molecular weight excluding hydrogens is 472 g/mol. The van der Waals surface area contributed by atoms with E-state index >= 15 is 0 Å². The van der Waals surface area contributed by atoms with Gasteiger partial charge in [-0.2, -0.15) is 10.4 Å². The molecule has 0 atom stereocenters. The number of H-pyrrole nitrogens is 1. The molecule has 10 nitrogen and oxygen atoms in total. The van der Waals surface area contributed by atoms with Crippen LogP contribution in [0.4, 0.5) is 0 Å². The second-order valence-electron chi connectivity index (χ2n) is 9.32. The van der Waals surface area contributed by atoms with Gasteiger partial charge in [-0.05, 0) is 36.8 Å². The molecule has 1 fully saturated rings. The first kappa shape index (κ1) is 24.6. The highest BCUT2D eigenvalue weighted by atomic mass is 16.5. The molecule has 2 aromatic heterocycles. The van der Waals surface area contributed by atoms with Gasteiger partial charge in [-0.3, -0.25) is 19.3 Å². The van der Waals surface area contributed by atoms with Crippen molar-refractivity contribution in [2.24, 2.45) is 0 Å². The summed E-state index contributed by atoms with van der Waals surface area (Å²) in [4.78, 5) is 18.4. The van der Waals surface area contributed by atoms with E-state index in [1.807, 2.05) is 40.2 Å². The number of nitrogens with one attached hydrogen (secondary N) is 1. The Morgan fingerprint density at radius 3 is 2.73 bits per heavy atom. The van der Waals surface area contributed by atoms with Crippen LogP contribution in [0.3, 0.4) is 0 Å². The van der Waals surface area contributed by atoms with Crippen LogP contribution in [-0.4, -0.2) is 88.6 Å². The predicted octanol–water partition coefficient (Wildman–Crippen LogP) is 2.84. The van der Waals surface area contributed by atoms with E-state index in [4.69, 9.17) is 19.7 Å². The Labute approximate surface area is 214 Å². The minimum atomic E-state index is -0.799. The van der Waals surface area contributed by atoms with Crippen LogP contribution < -0.4 is 9.47 Å². The van der Waals surface area contributed by atoms with Gasteiger partial charge in [0.1, 0.15) is 23.9 Å². The van der Waals surface area contributed by atoms with E-state index in [1.165, 1.54) is 0 Å². The van der Waals surface area contributed by atoms with Crippen molar-refractivity contribution in [3.63, 3.8) is 0 Å². The first-order valence-corrected chi connectivity index (χ1v) is 12.3. The van der Waals surface area contributed by atoms with Crippen molar-refractivity contribution >= 4 is 27.8 Å². The molecule has 0 spiro atoms. The second-order valence-corrected chi connectivity index (χ2v) is 9.32. The number of carboxylic acids is 1. The molecule has 5 rings (SSSR count). The molecule has 0 saturated carbocycles. The summed E-state index contributed by atoms with van der Waals surface area (Å²) in [6, 6.07) is 9.97. The van der Waals surface area contributed by atoms with Crippen molar-refractivity contribution in [1.82, 2.24) is 24.6 Å². The van der Waals surface area contributed by atoms with Crippen molar-refractivity contribution < 1.29 is 19.4 Å². The van der Waals surface area contributed by atoms with Crippen molar-refractivity contribution in [2.45, 2.75) is 13.5 Å². The van der Waals surface area contributed by atoms with E-state index < -0.39 is 5.97 Å². The number of aromatic amines is 1. The monoisotopic (exact) mass is 502 g/mol. The summed E-state index contributed by atoms with van der Waals surface area (Å²) in [5.41, 5.74) is 4.32. The molecule has 1 aliphatic rings. The predicted molar refractivity (Wildman–Crippen MR) is 139 cm³/mol. The van der Waals surface area contributed by atoms with Gasteiger partial charge in [-0.1, -0.05) is 0 Å². The SMILES string of the molecule is COc1cc(C)c2[nH]ccc2c1Cn1cc2ccc(C#N)c(OCCN3CCN(CC(=O)O)CC3)c2n1. The number of hydrogen-bond donors (Lipinski definition) is 2. The lowest BCUT2D eigenvalue weighted by molar-refractivity contribution is -0.138. The average molecular weight is 503 g/mol. The zero-order valence-electron chi connectivity index (χ0n) is 21.0. The largest absolute Gasteiger partial charge is 0.496 e. The number of nitriles is 1. The average Bonchev–Trinajstić information content (AvgIpc) is 3.54. The number of methoxy groups -OCH3 is 1. The summed E-state index contributed by atoms with van der Waals surface area (Å²) < 4.78 is 13.7. The molecule has 0 bridgehead atoms. The summed E-state index contributed by atoms with van der Waals surface area (Å²) in [6.07, 6.45) is 3.89. The Morgan fingerprint density at radius 1 is 1.22 bits per heavy atom. The lowest BCUT2D eigenvalue weighted by Gasteiger charge is -2.33. The van der Waals surface area contributed by atoms with Crippen LogP contribution in [0, 0.1) is 18.3 Å². The Kier molecular flexibility index (Phi) is 6.99. The highest BCUT2D eigenvalue weighted by Crippen LogP contribution is 2.33. The van der Waals surface area contributed by atoms with Crippen LogP contribution in [0.15, 0.2) is 36.7 Å². The van der Waals surface area contributed by atoms with E-state index in [-0.39, 0.29) is 6.54 Å². The van der Waals surface area contributed by atoms with Crippen LogP contribution in [0.1, 0.15) is 16.7 Å². The van der Waals surface area contributed by atoms with E-state index in [1.54, 1.807) is 13.2 Å². The van der Waals surface area contributed by atoms with Gasteiger partial charge in [0.2, 0.25) is 0 Å². The van der Waals surface area contributed by atoms with Crippen LogP contribution >= 0.6 is 0 Å². The number of fused-ring (bicyclic) bond motifs is 2. The molecule has 0 radical (unpaired) electrons. The highest BCUT2D eigenvalue weighted by Gasteiger charge is 2.20. The van der Waals surface area contributed by atoms with Gasteiger partial charge >= 0.3 is 5.97 Å². The summed E-state index contributed by atoms with van der Waals surface area (Å²) in [7, 11) is 1.67. The Morgan fingerprint density at radius 2 is 2.00 bits per heavy atom. The fourth-order valence-corrected chi connectivity index (χ4v) is 5.01. The number of benzene rings is 2. The molecule has 37 heavy (non-hydrogen) atoms. The molecule has 3 heterocycles. The number of ether oxygens (including phenoxy) is 2. The minimum absolute atomic E-state index is 0.0740. The van der Waals surface area contributed by atoms with Gasteiger partial charge in [-0.15, -0.1) is 0 Å². The van der Waals surface area contributed by atoms with E-state index in [9.17, 15) is 10.1 Å². The number of aryl methyl sites for hydroxylation is 1. The number of rotatable bonds is 9. The summed E-state index contributed by atoms with van der Waals surface area (Å²) in [5, 5.41) is 25.5. The zero-order chi connectivity index (χ0) is 25.9. The number of carbonyl (C=O) groups is 1. The molecule has 0 amide bonds. The van der Waals surface area contributed by atoms with Gasteiger partial charge in [0.05, 0.1) is 25.8 Å². The number of nitrogens with zero attached hydrogens (tertiary/aromatic N) is 5. The fourth-order valence-electron chi connectivity index (χ4n) is 5.01. The van der Waals surface area contributed by atoms with E-state index in [0.717, 1.165) is 46.3 Å². The quantitative estimate of drug-likeness (QED) is 0.359. The van der Waals surface area contributed by atoms with Crippen molar-refractivity contribution in [3.05, 3.63) is 53.3 Å². The lowest BCUT2D eigenvalue weighted by atomic mass is 10.0. The third-order valence-corrected chi connectivity index (χ3v) is 6.93. The number of aromatic nitrogens is 3. The second kappa shape index (κ2) is 10.5. The maximum Gasteiger partial charge on any atom is 0.317 e. The minimum Gasteiger partial charge on any atom is -0.496 e. The third-order valence-electron chi connectivity index (χ3n) is 6.93. The van der Waals surface area contributed by atoms with Gasteiger partial charge in [0, 0.05) is 67.0 Å². The molecule has 2 aromatic carbocycles. The number of carboxylic acid groups (broad SMARTS) is 1. The molecular formula is C27H30N6O4. The molecule has 1 saturated heterocycles. The van der Waals surface area contributed by atoms with Crippen molar-refractivity contribution in [1.29, 1.82) is 5.26 Å². The number of aliphatic carboxylic acids is 1. The van der Waals surface area contributed by atoms with Crippen molar-refractivity contribution in [2.75, 3.05) is 53.0 Å². The Hall–Kier alpha value is -4.07. The maximum absolute atomic E-state index is 10.9. The van der Waals surface area contributed by atoms with E-state index in [0.29, 0.717) is 49.6 Å². The molecule has 4 aromatic rings. The van der Waals surface area contributed by atoms with Gasteiger partial charge in [0.25, 0.3) is 0 Å². The van der Waals surface area contributed by atoms with Crippen molar-refractivity contribution in [3.8, 4) is 17.6 Å². The topological polar surface area (TPSA) is 120 Å². The molecule has 0 unspecified atom stereocenters. The third kappa shape index (κ3) is 5.09. The van der Waals surface area contributed by atoms with Gasteiger partial charge in [0.15, 0.2) is 5.75 Å². The first-order valence-electron chi connectivity index (χ1n) is 12.3. The van der Waals surface area contributed by atoms with E-state index in [2.05, 4.69) is 22.9 Å². The number of piperazine rings is 1. The van der Waals surface area contributed by atoms with Crippen LogP contribution in [0.2, 0.25) is 0 Å². The summed E-state index contributed by atoms with van der Waals surface area (Å²) in [5.74, 6) is 0.499. The fraction of sp³-hybridized carbons (Fsp3) is 0.370. The summed E-state index contributed by atoms with van der Waals surface area (Å²) >= 11 is 0. The number of hydrogen-bond acceptors (Lipinski definition) is 7. The van der Waals surface area contributed by atoms with Gasteiger partial charge in [-0.25, -0.2) is 0 Å². The Balaban J connectivity index is 1.33. The molecule has 10 heteroatoms. The normalized spacial score (nSPS) is 14.7. The van der Waals surface area contributed by atoms with Crippen LogP contribution in [0.5, 0.6) is 11.5 Å². The van der Waals surface area contributed by atoms with Crippen LogP contribution in [-0.2, 0) is 11.3 Å². The highest BCUT2D eigenvalue weighted by molar-refractivity contribution is 5.89. The first-order chi connectivity index (χ1) is 18.0.